The van der Waals surface area contributed by atoms with Crippen molar-refractivity contribution in [2.75, 3.05) is 6.61 Å². The normalized spacial score (nSPS) is 28.5. The molecule has 0 saturated heterocycles. The highest BCUT2D eigenvalue weighted by Gasteiger charge is 2.55. The Labute approximate surface area is 97.9 Å². The van der Waals surface area contributed by atoms with Gasteiger partial charge in [-0.3, -0.25) is 0 Å². The van der Waals surface area contributed by atoms with Gasteiger partial charge in [-0.15, -0.1) is 11.8 Å². The standard InChI is InChI=1S/C11H10ClNOS/c12-9-3-1-2-4-10(9)15-11(7-13)5-8(11)6-14/h1-4,8,14H,5-6H2. The molecule has 2 unspecified atom stereocenters. The van der Waals surface area contributed by atoms with E-state index in [0.29, 0.717) is 5.02 Å². The van der Waals surface area contributed by atoms with Gasteiger partial charge < -0.3 is 5.11 Å². The predicted molar refractivity (Wildman–Crippen MR) is 60.8 cm³/mol. The van der Waals surface area contributed by atoms with Crippen LogP contribution >= 0.6 is 23.4 Å². The molecular weight excluding hydrogens is 230 g/mol. The number of aliphatic hydroxyl groups is 1. The molecule has 2 rings (SSSR count). The Kier molecular flexibility index (Phi) is 2.92. The Balaban J connectivity index is 2.17. The van der Waals surface area contributed by atoms with Crippen LogP contribution in [0.3, 0.4) is 0 Å². The summed E-state index contributed by atoms with van der Waals surface area (Å²) in [6, 6.07) is 9.75. The first kappa shape index (κ1) is 10.8. The maximum absolute atomic E-state index is 9.09. The number of nitrogens with zero attached hydrogens (tertiary/aromatic N) is 1. The molecular formula is C11H10ClNOS. The van der Waals surface area contributed by atoms with Gasteiger partial charge in [-0.25, -0.2) is 0 Å². The van der Waals surface area contributed by atoms with Crippen molar-refractivity contribution in [3.05, 3.63) is 29.3 Å². The fourth-order valence-corrected chi connectivity index (χ4v) is 3.06. The number of halogens is 1. The van der Waals surface area contributed by atoms with E-state index in [1.54, 1.807) is 0 Å². The first-order chi connectivity index (χ1) is 7.22. The van der Waals surface area contributed by atoms with Crippen LogP contribution in [0.1, 0.15) is 6.42 Å². The van der Waals surface area contributed by atoms with Gasteiger partial charge in [-0.05, 0) is 18.6 Å². The molecule has 78 valence electrons. The van der Waals surface area contributed by atoms with Crippen molar-refractivity contribution in [1.82, 2.24) is 0 Å². The zero-order valence-electron chi connectivity index (χ0n) is 7.98. The van der Waals surface area contributed by atoms with Gasteiger partial charge in [-0.1, -0.05) is 23.7 Å². The first-order valence-electron chi connectivity index (χ1n) is 4.67. The highest BCUT2D eigenvalue weighted by molar-refractivity contribution is 8.01. The molecule has 2 nitrogen and oxygen atoms in total. The molecule has 2 atom stereocenters. The smallest absolute Gasteiger partial charge is 0.113 e. The van der Waals surface area contributed by atoms with Crippen LogP contribution in [0.15, 0.2) is 29.2 Å². The van der Waals surface area contributed by atoms with Crippen molar-refractivity contribution >= 4 is 23.4 Å². The van der Waals surface area contributed by atoms with Crippen LogP contribution in [0.5, 0.6) is 0 Å². The quantitative estimate of drug-likeness (QED) is 0.882. The number of rotatable bonds is 3. The van der Waals surface area contributed by atoms with Crippen molar-refractivity contribution < 1.29 is 5.11 Å². The van der Waals surface area contributed by atoms with E-state index in [2.05, 4.69) is 6.07 Å². The van der Waals surface area contributed by atoms with E-state index in [1.807, 2.05) is 24.3 Å². The number of hydrogen-bond acceptors (Lipinski definition) is 3. The second-order valence-corrected chi connectivity index (χ2v) is 5.40. The number of hydrogen-bond donors (Lipinski definition) is 1. The third kappa shape index (κ3) is 1.98. The van der Waals surface area contributed by atoms with Gasteiger partial charge >= 0.3 is 0 Å². The SMILES string of the molecule is N#CC1(Sc2ccccc2Cl)CC1CO. The molecule has 1 aliphatic rings. The maximum atomic E-state index is 9.09. The van der Waals surface area contributed by atoms with Gasteiger partial charge in [0.2, 0.25) is 0 Å². The summed E-state index contributed by atoms with van der Waals surface area (Å²) in [5, 5.41) is 18.8. The molecule has 0 aromatic heterocycles. The topological polar surface area (TPSA) is 44.0 Å². The van der Waals surface area contributed by atoms with Crippen LogP contribution in [0.2, 0.25) is 5.02 Å². The first-order valence-corrected chi connectivity index (χ1v) is 5.87. The number of nitriles is 1. The molecule has 0 bridgehead atoms. The van der Waals surface area contributed by atoms with Gasteiger partial charge in [0.15, 0.2) is 0 Å². The van der Waals surface area contributed by atoms with E-state index in [1.165, 1.54) is 11.8 Å². The molecule has 1 fully saturated rings. The Hall–Kier alpha value is -0.690. The molecule has 1 saturated carbocycles. The Morgan fingerprint density at radius 3 is 2.87 bits per heavy atom. The fraction of sp³-hybridized carbons (Fsp3) is 0.364. The van der Waals surface area contributed by atoms with Crippen LogP contribution in [0, 0.1) is 17.2 Å². The Bertz CT molecular complexity index is 417. The van der Waals surface area contributed by atoms with E-state index in [-0.39, 0.29) is 12.5 Å². The minimum Gasteiger partial charge on any atom is -0.396 e. The maximum Gasteiger partial charge on any atom is 0.113 e. The lowest BCUT2D eigenvalue weighted by molar-refractivity contribution is 0.275. The molecule has 0 amide bonds. The minimum absolute atomic E-state index is 0.0744. The molecule has 0 aliphatic heterocycles. The average Bonchev–Trinajstić information content (AvgIpc) is 2.96. The number of benzene rings is 1. The minimum atomic E-state index is -0.459. The van der Waals surface area contributed by atoms with Gasteiger partial charge in [-0.2, -0.15) is 5.26 Å². The van der Waals surface area contributed by atoms with Crippen molar-refractivity contribution in [3.8, 4) is 6.07 Å². The van der Waals surface area contributed by atoms with E-state index in [4.69, 9.17) is 22.0 Å². The van der Waals surface area contributed by atoms with Gasteiger partial charge in [0, 0.05) is 17.4 Å². The van der Waals surface area contributed by atoms with Crippen LogP contribution < -0.4 is 0 Å². The Morgan fingerprint density at radius 2 is 2.33 bits per heavy atom. The molecule has 15 heavy (non-hydrogen) atoms. The highest BCUT2D eigenvalue weighted by atomic mass is 35.5. The number of aliphatic hydroxyl groups excluding tert-OH is 1. The lowest BCUT2D eigenvalue weighted by Crippen LogP contribution is -2.05. The average molecular weight is 240 g/mol. The van der Waals surface area contributed by atoms with E-state index in [0.717, 1.165) is 11.3 Å². The molecule has 0 radical (unpaired) electrons. The van der Waals surface area contributed by atoms with Crippen molar-refractivity contribution in [2.24, 2.45) is 5.92 Å². The lowest BCUT2D eigenvalue weighted by atomic mass is 10.3. The zero-order chi connectivity index (χ0) is 10.9. The second-order valence-electron chi connectivity index (χ2n) is 3.62. The monoisotopic (exact) mass is 239 g/mol. The van der Waals surface area contributed by atoms with E-state index >= 15 is 0 Å². The third-order valence-corrected chi connectivity index (χ3v) is 4.56. The molecule has 1 aromatic rings. The summed E-state index contributed by atoms with van der Waals surface area (Å²) in [5.41, 5.74) is 0. The summed E-state index contributed by atoms with van der Waals surface area (Å²) in [4.78, 5) is 0.914. The van der Waals surface area contributed by atoms with Crippen LogP contribution in [-0.2, 0) is 0 Å². The molecule has 1 aromatic carbocycles. The molecule has 4 heteroatoms. The zero-order valence-corrected chi connectivity index (χ0v) is 9.55. The van der Waals surface area contributed by atoms with Gasteiger partial charge in [0.05, 0.1) is 11.1 Å². The predicted octanol–water partition coefficient (Wildman–Crippen LogP) is 2.71. The summed E-state index contributed by atoms with van der Waals surface area (Å²) < 4.78 is -0.459. The second kappa shape index (κ2) is 4.05. The summed E-state index contributed by atoms with van der Waals surface area (Å²) in [6.07, 6.45) is 0.746. The summed E-state index contributed by atoms with van der Waals surface area (Å²) in [6.45, 7) is 0.0744. The highest BCUT2D eigenvalue weighted by Crippen LogP contribution is 2.57. The summed E-state index contributed by atoms with van der Waals surface area (Å²) in [5.74, 6) is 0.0868. The summed E-state index contributed by atoms with van der Waals surface area (Å²) >= 11 is 7.48. The fourth-order valence-electron chi connectivity index (χ4n) is 1.53. The summed E-state index contributed by atoms with van der Waals surface area (Å²) in [7, 11) is 0. The van der Waals surface area contributed by atoms with Crippen LogP contribution in [0.4, 0.5) is 0 Å². The van der Waals surface area contributed by atoms with Crippen molar-refractivity contribution in [2.45, 2.75) is 16.1 Å². The van der Waals surface area contributed by atoms with E-state index < -0.39 is 4.75 Å². The van der Waals surface area contributed by atoms with Gasteiger partial charge in [0.25, 0.3) is 0 Å². The van der Waals surface area contributed by atoms with E-state index in [9.17, 15) is 0 Å². The molecule has 1 aliphatic carbocycles. The third-order valence-electron chi connectivity index (χ3n) is 2.59. The Morgan fingerprint density at radius 1 is 1.60 bits per heavy atom. The molecule has 0 heterocycles. The van der Waals surface area contributed by atoms with Gasteiger partial charge in [0.1, 0.15) is 4.75 Å². The lowest BCUT2D eigenvalue weighted by Gasteiger charge is -2.08. The van der Waals surface area contributed by atoms with Crippen molar-refractivity contribution in [3.63, 3.8) is 0 Å². The number of thioether (sulfide) groups is 1. The molecule has 0 spiro atoms. The van der Waals surface area contributed by atoms with Crippen molar-refractivity contribution in [1.29, 1.82) is 5.26 Å². The van der Waals surface area contributed by atoms with Crippen LogP contribution in [0.25, 0.3) is 0 Å². The van der Waals surface area contributed by atoms with Crippen LogP contribution in [-0.4, -0.2) is 16.5 Å². The molecule has 1 N–H and O–H groups in total. The largest absolute Gasteiger partial charge is 0.396 e.